The maximum absolute atomic E-state index is 12.5. The number of nitrogens with zero attached hydrogens (tertiary/aromatic N) is 2. The molecule has 0 saturated heterocycles. The van der Waals surface area contributed by atoms with Crippen LogP contribution < -0.4 is 5.32 Å². The number of aromatic nitrogens is 2. The van der Waals surface area contributed by atoms with E-state index in [-0.39, 0.29) is 11.9 Å². The lowest BCUT2D eigenvalue weighted by molar-refractivity contribution is 0.0935. The Bertz CT molecular complexity index is 1070. The van der Waals surface area contributed by atoms with Crippen molar-refractivity contribution >= 4 is 27.6 Å². The van der Waals surface area contributed by atoms with Gasteiger partial charge < -0.3 is 5.32 Å². The molecule has 2 aromatic carbocycles. The second kappa shape index (κ2) is 6.32. The number of hydrogen-bond acceptors (Lipinski definition) is 3. The fourth-order valence-electron chi connectivity index (χ4n) is 2.92. The molecule has 122 valence electrons. The Kier molecular flexibility index (Phi) is 3.86. The van der Waals surface area contributed by atoms with E-state index in [4.69, 9.17) is 0 Å². The molecule has 0 fully saturated rings. The molecular formula is C21H17N3O. The van der Waals surface area contributed by atoms with Crippen LogP contribution in [-0.4, -0.2) is 15.9 Å². The fraction of sp³-hybridized carbons (Fsp3) is 0.0952. The number of rotatable bonds is 3. The summed E-state index contributed by atoms with van der Waals surface area (Å²) < 4.78 is 0. The average Bonchev–Trinajstić information content (AvgIpc) is 2.67. The fourth-order valence-corrected chi connectivity index (χ4v) is 2.92. The lowest BCUT2D eigenvalue weighted by Crippen LogP contribution is -2.27. The van der Waals surface area contributed by atoms with Gasteiger partial charge in [-0.15, -0.1) is 0 Å². The molecule has 0 saturated carbocycles. The lowest BCUT2D eigenvalue weighted by Gasteiger charge is -2.15. The van der Waals surface area contributed by atoms with E-state index in [1.807, 2.05) is 31.2 Å². The van der Waals surface area contributed by atoms with Gasteiger partial charge in [-0.3, -0.25) is 9.78 Å². The van der Waals surface area contributed by atoms with Gasteiger partial charge in [0.25, 0.3) is 5.91 Å². The Morgan fingerprint density at radius 2 is 1.76 bits per heavy atom. The summed E-state index contributed by atoms with van der Waals surface area (Å²) in [7, 11) is 0. The summed E-state index contributed by atoms with van der Waals surface area (Å²) in [5.74, 6) is -0.181. The third-order valence-corrected chi connectivity index (χ3v) is 4.34. The average molecular weight is 327 g/mol. The van der Waals surface area contributed by atoms with Crippen LogP contribution >= 0.6 is 0 Å². The SMILES string of the molecule is C[C@H](NC(=O)c1ccc2cnccc2n1)c1ccc2ccccc2c1. The molecule has 2 heterocycles. The molecule has 25 heavy (non-hydrogen) atoms. The van der Waals surface area contributed by atoms with Crippen LogP contribution in [0, 0.1) is 0 Å². The van der Waals surface area contributed by atoms with Crippen molar-refractivity contribution in [3.63, 3.8) is 0 Å². The smallest absolute Gasteiger partial charge is 0.270 e. The van der Waals surface area contributed by atoms with Crippen LogP contribution in [0.5, 0.6) is 0 Å². The largest absolute Gasteiger partial charge is 0.344 e. The molecule has 0 spiro atoms. The highest BCUT2D eigenvalue weighted by molar-refractivity contribution is 5.95. The minimum Gasteiger partial charge on any atom is -0.344 e. The van der Waals surface area contributed by atoms with Crippen LogP contribution in [0.3, 0.4) is 0 Å². The van der Waals surface area contributed by atoms with Crippen LogP contribution in [0.2, 0.25) is 0 Å². The normalized spacial score (nSPS) is 12.2. The van der Waals surface area contributed by atoms with Crippen molar-refractivity contribution in [3.8, 4) is 0 Å². The Morgan fingerprint density at radius 1 is 0.960 bits per heavy atom. The van der Waals surface area contributed by atoms with Gasteiger partial charge in [0.2, 0.25) is 0 Å². The summed E-state index contributed by atoms with van der Waals surface area (Å²) in [6.45, 7) is 1.98. The number of nitrogens with one attached hydrogen (secondary N) is 1. The van der Waals surface area contributed by atoms with Gasteiger partial charge >= 0.3 is 0 Å². The summed E-state index contributed by atoms with van der Waals surface area (Å²) in [5.41, 5.74) is 2.24. The van der Waals surface area contributed by atoms with E-state index >= 15 is 0 Å². The van der Waals surface area contributed by atoms with Crippen molar-refractivity contribution in [2.24, 2.45) is 0 Å². The molecule has 1 N–H and O–H groups in total. The van der Waals surface area contributed by atoms with E-state index in [0.717, 1.165) is 21.9 Å². The molecule has 1 amide bonds. The van der Waals surface area contributed by atoms with Crippen LogP contribution in [0.15, 0.2) is 73.1 Å². The first kappa shape index (κ1) is 15.3. The van der Waals surface area contributed by atoms with Gasteiger partial charge in [0, 0.05) is 17.8 Å². The Morgan fingerprint density at radius 3 is 2.64 bits per heavy atom. The highest BCUT2D eigenvalue weighted by atomic mass is 16.1. The van der Waals surface area contributed by atoms with E-state index in [1.165, 1.54) is 5.39 Å². The molecule has 0 bridgehead atoms. The van der Waals surface area contributed by atoms with Crippen molar-refractivity contribution in [3.05, 3.63) is 84.3 Å². The number of carbonyl (C=O) groups is 1. The van der Waals surface area contributed by atoms with Crippen LogP contribution in [0.4, 0.5) is 0 Å². The molecule has 0 aliphatic rings. The number of fused-ring (bicyclic) bond motifs is 2. The minimum absolute atomic E-state index is 0.105. The number of amides is 1. The zero-order valence-electron chi connectivity index (χ0n) is 13.8. The topological polar surface area (TPSA) is 54.9 Å². The summed E-state index contributed by atoms with van der Waals surface area (Å²) in [6, 6.07) is 19.7. The first-order chi connectivity index (χ1) is 12.2. The van der Waals surface area contributed by atoms with E-state index < -0.39 is 0 Å². The zero-order valence-corrected chi connectivity index (χ0v) is 13.8. The van der Waals surface area contributed by atoms with Crippen molar-refractivity contribution in [1.82, 2.24) is 15.3 Å². The number of hydrogen-bond donors (Lipinski definition) is 1. The standard InChI is InChI=1S/C21H17N3O/c1-14(16-7-6-15-4-2-3-5-17(15)12-16)23-21(25)20-9-8-18-13-22-11-10-19(18)24-20/h2-14H,1H3,(H,23,25)/t14-/m0/s1. The molecule has 4 aromatic rings. The molecule has 0 aliphatic carbocycles. The van der Waals surface area contributed by atoms with E-state index in [0.29, 0.717) is 5.69 Å². The molecule has 2 aromatic heterocycles. The van der Waals surface area contributed by atoms with Gasteiger partial charge in [0.05, 0.1) is 11.6 Å². The second-order valence-corrected chi connectivity index (χ2v) is 6.07. The Hall–Kier alpha value is -3.27. The predicted octanol–water partition coefficient (Wildman–Crippen LogP) is 4.27. The van der Waals surface area contributed by atoms with E-state index in [9.17, 15) is 4.79 Å². The Labute approximate surface area is 145 Å². The highest BCUT2D eigenvalue weighted by Gasteiger charge is 2.13. The van der Waals surface area contributed by atoms with Gasteiger partial charge in [0.1, 0.15) is 5.69 Å². The molecule has 0 unspecified atom stereocenters. The first-order valence-electron chi connectivity index (χ1n) is 8.21. The summed E-state index contributed by atoms with van der Waals surface area (Å²) in [5, 5.41) is 6.30. The van der Waals surface area contributed by atoms with Crippen molar-refractivity contribution < 1.29 is 4.79 Å². The molecule has 0 aliphatic heterocycles. The van der Waals surface area contributed by atoms with Gasteiger partial charge in [0.15, 0.2) is 0 Å². The maximum atomic E-state index is 12.5. The summed E-state index contributed by atoms with van der Waals surface area (Å²) in [6.07, 6.45) is 3.41. The van der Waals surface area contributed by atoms with Crippen LogP contribution in [-0.2, 0) is 0 Å². The Balaban J connectivity index is 1.57. The van der Waals surface area contributed by atoms with Gasteiger partial charge in [-0.2, -0.15) is 0 Å². The van der Waals surface area contributed by atoms with E-state index in [1.54, 1.807) is 24.5 Å². The lowest BCUT2D eigenvalue weighted by atomic mass is 10.0. The summed E-state index contributed by atoms with van der Waals surface area (Å²) in [4.78, 5) is 21.0. The first-order valence-corrected chi connectivity index (χ1v) is 8.21. The number of pyridine rings is 2. The second-order valence-electron chi connectivity index (χ2n) is 6.07. The van der Waals surface area contributed by atoms with Gasteiger partial charge in [-0.05, 0) is 47.5 Å². The summed E-state index contributed by atoms with van der Waals surface area (Å²) >= 11 is 0. The van der Waals surface area contributed by atoms with Crippen molar-refractivity contribution in [1.29, 1.82) is 0 Å². The van der Waals surface area contributed by atoms with Gasteiger partial charge in [-0.25, -0.2) is 4.98 Å². The molecule has 0 radical (unpaired) electrons. The van der Waals surface area contributed by atoms with Crippen molar-refractivity contribution in [2.45, 2.75) is 13.0 Å². The predicted molar refractivity (Wildman–Crippen MR) is 99.4 cm³/mol. The maximum Gasteiger partial charge on any atom is 0.270 e. The zero-order chi connectivity index (χ0) is 17.2. The quantitative estimate of drug-likeness (QED) is 0.611. The third kappa shape index (κ3) is 3.06. The molecule has 4 rings (SSSR count). The monoisotopic (exact) mass is 327 g/mol. The molecule has 4 nitrogen and oxygen atoms in total. The van der Waals surface area contributed by atoms with Gasteiger partial charge in [-0.1, -0.05) is 36.4 Å². The molecular weight excluding hydrogens is 310 g/mol. The third-order valence-electron chi connectivity index (χ3n) is 4.34. The molecule has 4 heteroatoms. The number of carbonyl (C=O) groups excluding carboxylic acids is 1. The number of benzene rings is 2. The van der Waals surface area contributed by atoms with E-state index in [2.05, 4.69) is 39.6 Å². The van der Waals surface area contributed by atoms with Crippen LogP contribution in [0.1, 0.15) is 29.0 Å². The highest BCUT2D eigenvalue weighted by Crippen LogP contribution is 2.20. The van der Waals surface area contributed by atoms with Crippen molar-refractivity contribution in [2.75, 3.05) is 0 Å². The minimum atomic E-state index is -0.181. The molecule has 1 atom stereocenters. The van der Waals surface area contributed by atoms with Crippen LogP contribution in [0.25, 0.3) is 21.7 Å².